The zero-order chi connectivity index (χ0) is 28.3. The summed E-state index contributed by atoms with van der Waals surface area (Å²) in [6.07, 6.45) is -9.59. The van der Waals surface area contributed by atoms with E-state index >= 15 is 0 Å². The van der Waals surface area contributed by atoms with Crippen LogP contribution in [-0.4, -0.2) is 64.2 Å². The molecule has 0 aromatic carbocycles. The van der Waals surface area contributed by atoms with Crippen molar-refractivity contribution >= 4 is 11.8 Å². The van der Waals surface area contributed by atoms with E-state index in [1.54, 1.807) is 0 Å². The van der Waals surface area contributed by atoms with Crippen LogP contribution in [0.15, 0.2) is 16.9 Å². The van der Waals surface area contributed by atoms with Gasteiger partial charge in [-0.25, -0.2) is 0 Å². The molecule has 1 aromatic rings. The van der Waals surface area contributed by atoms with Crippen molar-refractivity contribution in [2.45, 2.75) is 89.9 Å². The predicted octanol–water partition coefficient (Wildman–Crippen LogP) is 4.36. The molecule has 3 heterocycles. The number of nitrogens with zero attached hydrogens (tertiary/aromatic N) is 3. The first kappa shape index (κ1) is 30.0. The minimum atomic E-state index is -4.71. The van der Waals surface area contributed by atoms with E-state index in [1.165, 1.54) is 14.4 Å². The molecule has 0 N–H and O–H groups in total. The second-order valence-corrected chi connectivity index (χ2v) is 10.0. The summed E-state index contributed by atoms with van der Waals surface area (Å²) in [6.45, 7) is 4.24. The molecule has 2 aliphatic rings. The first-order valence-electron chi connectivity index (χ1n) is 12.8. The summed E-state index contributed by atoms with van der Waals surface area (Å²) >= 11 is 0. The number of rotatable bonds is 8. The van der Waals surface area contributed by atoms with Gasteiger partial charge in [0, 0.05) is 50.0 Å². The molecule has 2 aliphatic heterocycles. The van der Waals surface area contributed by atoms with Crippen LogP contribution in [0.4, 0.5) is 26.3 Å². The van der Waals surface area contributed by atoms with Gasteiger partial charge in [0.25, 0.3) is 5.56 Å². The molecule has 13 heteroatoms. The molecule has 0 bridgehead atoms. The minimum absolute atomic E-state index is 0.0339. The summed E-state index contributed by atoms with van der Waals surface area (Å²) < 4.78 is 85.6. The Hall–Kier alpha value is -2.57. The second-order valence-electron chi connectivity index (χ2n) is 10.0. The third-order valence-corrected chi connectivity index (χ3v) is 7.14. The Morgan fingerprint density at radius 2 is 1.84 bits per heavy atom. The van der Waals surface area contributed by atoms with Crippen LogP contribution in [0.5, 0.6) is 0 Å². The van der Waals surface area contributed by atoms with Gasteiger partial charge < -0.3 is 19.1 Å². The van der Waals surface area contributed by atoms with Gasteiger partial charge in [0.2, 0.25) is 11.8 Å². The average Bonchev–Trinajstić information content (AvgIpc) is 2.81. The molecule has 3 atom stereocenters. The number of hydrogen-bond donors (Lipinski definition) is 0. The molecule has 1 aromatic heterocycles. The van der Waals surface area contributed by atoms with Crippen LogP contribution in [-0.2, 0) is 33.6 Å². The van der Waals surface area contributed by atoms with E-state index in [-0.39, 0.29) is 44.1 Å². The highest BCUT2D eigenvalue weighted by atomic mass is 19.4. The first-order chi connectivity index (χ1) is 17.7. The number of alkyl halides is 6. The van der Waals surface area contributed by atoms with E-state index in [0.717, 1.165) is 6.07 Å². The minimum Gasteiger partial charge on any atom is -0.381 e. The molecular weight excluding hydrogens is 520 g/mol. The number of halogens is 6. The Balaban J connectivity index is 1.76. The third-order valence-electron chi connectivity index (χ3n) is 7.14. The highest BCUT2D eigenvalue weighted by Crippen LogP contribution is 2.31. The van der Waals surface area contributed by atoms with Crippen molar-refractivity contribution in [3.63, 3.8) is 0 Å². The Labute approximate surface area is 216 Å². The van der Waals surface area contributed by atoms with Gasteiger partial charge in [0.15, 0.2) is 0 Å². The number of fused-ring (bicyclic) bond motifs is 1. The number of hydrogen-bond acceptors (Lipinski definition) is 4. The van der Waals surface area contributed by atoms with Crippen LogP contribution in [0.1, 0.15) is 63.6 Å². The molecule has 2 amide bonds. The van der Waals surface area contributed by atoms with E-state index < -0.39 is 53.8 Å². The van der Waals surface area contributed by atoms with Gasteiger partial charge in [-0.15, -0.1) is 0 Å². The van der Waals surface area contributed by atoms with Gasteiger partial charge in [-0.2, -0.15) is 26.3 Å². The second kappa shape index (κ2) is 12.1. The number of aromatic nitrogens is 1. The monoisotopic (exact) mass is 553 g/mol. The van der Waals surface area contributed by atoms with Crippen molar-refractivity contribution in [3.05, 3.63) is 33.7 Å². The van der Waals surface area contributed by atoms with Crippen LogP contribution in [0.25, 0.3) is 0 Å². The molecule has 1 saturated heterocycles. The first-order valence-corrected chi connectivity index (χ1v) is 12.8. The maximum Gasteiger partial charge on any atom is 0.416 e. The zero-order valence-electron chi connectivity index (χ0n) is 21.4. The smallest absolute Gasteiger partial charge is 0.381 e. The largest absolute Gasteiger partial charge is 0.416 e. The maximum atomic E-state index is 13.2. The molecular formula is C25H33F6N3O4. The number of carbonyl (C=O) groups excluding carboxylic acids is 2. The van der Waals surface area contributed by atoms with Crippen LogP contribution in [0.2, 0.25) is 0 Å². The quantitative estimate of drug-likeness (QED) is 0.449. The normalized spacial score (nSPS) is 21.1. The topological polar surface area (TPSA) is 71.9 Å². The molecule has 0 saturated carbocycles. The fourth-order valence-corrected chi connectivity index (χ4v) is 5.32. The van der Waals surface area contributed by atoms with Gasteiger partial charge >= 0.3 is 12.4 Å². The highest BCUT2D eigenvalue weighted by molar-refractivity contribution is 5.78. The van der Waals surface area contributed by atoms with Crippen molar-refractivity contribution in [2.24, 2.45) is 5.92 Å². The van der Waals surface area contributed by atoms with E-state index in [1.807, 2.05) is 13.8 Å². The Kier molecular flexibility index (Phi) is 9.53. The molecule has 3 rings (SSSR count). The Bertz CT molecular complexity index is 1060. The van der Waals surface area contributed by atoms with Crippen LogP contribution in [0, 0.1) is 5.92 Å². The third kappa shape index (κ3) is 7.51. The summed E-state index contributed by atoms with van der Waals surface area (Å²) in [5.74, 6) is -1.62. The molecule has 38 heavy (non-hydrogen) atoms. The fraction of sp³-hybridized carbons (Fsp3) is 0.720. The van der Waals surface area contributed by atoms with Gasteiger partial charge in [0.1, 0.15) is 6.42 Å². The van der Waals surface area contributed by atoms with Gasteiger partial charge in [0.05, 0.1) is 18.7 Å². The van der Waals surface area contributed by atoms with Crippen molar-refractivity contribution < 1.29 is 40.7 Å². The van der Waals surface area contributed by atoms with Crippen molar-refractivity contribution in [1.82, 2.24) is 14.4 Å². The maximum absolute atomic E-state index is 13.2. The molecule has 0 radical (unpaired) electrons. The van der Waals surface area contributed by atoms with E-state index in [0.29, 0.717) is 38.5 Å². The molecule has 0 spiro atoms. The highest BCUT2D eigenvalue weighted by Gasteiger charge is 2.41. The zero-order valence-corrected chi connectivity index (χ0v) is 21.4. The lowest BCUT2D eigenvalue weighted by molar-refractivity contribution is -0.168. The fourth-order valence-electron chi connectivity index (χ4n) is 5.32. The van der Waals surface area contributed by atoms with Crippen LogP contribution < -0.4 is 5.56 Å². The number of ether oxygens (including phenoxy) is 1. The summed E-state index contributed by atoms with van der Waals surface area (Å²) in [5, 5.41) is 0. The van der Waals surface area contributed by atoms with Crippen LogP contribution >= 0.6 is 0 Å². The van der Waals surface area contributed by atoms with Crippen LogP contribution in [0.3, 0.4) is 0 Å². The van der Waals surface area contributed by atoms with E-state index in [9.17, 15) is 40.7 Å². The molecule has 1 fully saturated rings. The van der Waals surface area contributed by atoms with Crippen molar-refractivity contribution in [1.29, 1.82) is 0 Å². The van der Waals surface area contributed by atoms with Gasteiger partial charge in [-0.05, 0) is 31.2 Å². The van der Waals surface area contributed by atoms with E-state index in [4.69, 9.17) is 4.74 Å². The summed E-state index contributed by atoms with van der Waals surface area (Å²) in [5.41, 5.74) is -1.82. The van der Waals surface area contributed by atoms with Gasteiger partial charge in [-0.1, -0.05) is 20.3 Å². The van der Waals surface area contributed by atoms with E-state index in [2.05, 4.69) is 0 Å². The number of amides is 2. The SMILES string of the molecule is CCC[C@H](CCC(=O)N1CCn2c(cc(C(F)(F)F)cc2=O)C1)N(C(=O)CC(F)(F)F)[C@H]1CCOC[C@H]1C. The number of pyridine rings is 1. The lowest BCUT2D eigenvalue weighted by atomic mass is 9.91. The Morgan fingerprint density at radius 3 is 2.45 bits per heavy atom. The van der Waals surface area contributed by atoms with Gasteiger partial charge in [-0.3, -0.25) is 14.4 Å². The van der Waals surface area contributed by atoms with Crippen molar-refractivity contribution in [3.8, 4) is 0 Å². The summed E-state index contributed by atoms with van der Waals surface area (Å²) in [4.78, 5) is 40.7. The predicted molar refractivity (Wildman–Crippen MR) is 125 cm³/mol. The standard InChI is InChI=1S/C25H33F6N3O4/c1-3-4-18(34(23(37)13-24(26,27)28)20-7-10-38-15-16(20)2)5-6-21(35)32-8-9-33-19(14-32)11-17(12-22(33)36)25(29,30)31/h11-12,16,18,20H,3-10,13-15H2,1-2H3/t16-,18-,20+/m1/s1. The molecule has 7 nitrogen and oxygen atoms in total. The molecule has 0 unspecified atom stereocenters. The molecule has 214 valence electrons. The summed E-state index contributed by atoms with van der Waals surface area (Å²) in [6, 6.07) is 0.311. The summed E-state index contributed by atoms with van der Waals surface area (Å²) in [7, 11) is 0. The molecule has 0 aliphatic carbocycles. The average molecular weight is 554 g/mol. The Morgan fingerprint density at radius 1 is 1.13 bits per heavy atom. The lowest BCUT2D eigenvalue weighted by Crippen LogP contribution is -2.53. The lowest BCUT2D eigenvalue weighted by Gasteiger charge is -2.43. The van der Waals surface area contributed by atoms with Crippen molar-refractivity contribution in [2.75, 3.05) is 19.8 Å². The number of carbonyl (C=O) groups is 2.